The molecule has 1 unspecified atom stereocenters. The first kappa shape index (κ1) is 12.5. The SMILES string of the molecule is CCC(NCCN(CC)C1CC1)C(=O)O. The second-order valence-corrected chi connectivity index (χ2v) is 4.11. The number of hydrogen-bond acceptors (Lipinski definition) is 3. The normalized spacial score (nSPS) is 18.1. The number of hydrogen-bond donors (Lipinski definition) is 2. The van der Waals surface area contributed by atoms with Crippen molar-refractivity contribution in [2.75, 3.05) is 19.6 Å². The Morgan fingerprint density at radius 2 is 2.20 bits per heavy atom. The van der Waals surface area contributed by atoms with Crippen molar-refractivity contribution < 1.29 is 9.90 Å². The Kier molecular flexibility index (Phi) is 5.05. The second kappa shape index (κ2) is 6.08. The van der Waals surface area contributed by atoms with Crippen LogP contribution >= 0.6 is 0 Å². The summed E-state index contributed by atoms with van der Waals surface area (Å²) in [6.45, 7) is 6.85. The predicted molar refractivity (Wildman–Crippen MR) is 60.0 cm³/mol. The molecule has 0 heterocycles. The van der Waals surface area contributed by atoms with Gasteiger partial charge in [-0.05, 0) is 25.8 Å². The Morgan fingerprint density at radius 1 is 1.53 bits per heavy atom. The molecule has 1 aliphatic rings. The minimum absolute atomic E-state index is 0.386. The molecule has 4 nitrogen and oxygen atoms in total. The largest absolute Gasteiger partial charge is 0.480 e. The standard InChI is InChI=1S/C11H22N2O2/c1-3-10(11(14)15)12-7-8-13(4-2)9-5-6-9/h9-10,12H,3-8H2,1-2H3,(H,14,15). The average molecular weight is 214 g/mol. The van der Waals surface area contributed by atoms with E-state index < -0.39 is 5.97 Å². The first-order chi connectivity index (χ1) is 7.19. The van der Waals surface area contributed by atoms with E-state index in [9.17, 15) is 4.79 Å². The summed E-state index contributed by atoms with van der Waals surface area (Å²) in [5.41, 5.74) is 0. The molecule has 1 fully saturated rings. The molecule has 0 spiro atoms. The number of likely N-dealkylation sites (N-methyl/N-ethyl adjacent to an activating group) is 1. The number of nitrogens with one attached hydrogen (secondary N) is 1. The van der Waals surface area contributed by atoms with E-state index in [0.29, 0.717) is 6.42 Å². The third kappa shape index (κ3) is 4.18. The molecule has 0 aliphatic heterocycles. The molecular formula is C11H22N2O2. The van der Waals surface area contributed by atoms with Crippen LogP contribution in [0.2, 0.25) is 0 Å². The summed E-state index contributed by atoms with van der Waals surface area (Å²) in [6, 6.07) is 0.379. The van der Waals surface area contributed by atoms with Gasteiger partial charge in [-0.15, -0.1) is 0 Å². The first-order valence-electron chi connectivity index (χ1n) is 5.89. The molecule has 0 radical (unpaired) electrons. The van der Waals surface area contributed by atoms with Gasteiger partial charge in [0.15, 0.2) is 0 Å². The molecule has 2 N–H and O–H groups in total. The van der Waals surface area contributed by atoms with E-state index >= 15 is 0 Å². The summed E-state index contributed by atoms with van der Waals surface area (Å²) in [4.78, 5) is 13.2. The molecule has 0 aromatic heterocycles. The van der Waals surface area contributed by atoms with Crippen LogP contribution in [-0.4, -0.2) is 47.7 Å². The lowest BCUT2D eigenvalue weighted by atomic mass is 10.2. The van der Waals surface area contributed by atoms with Gasteiger partial charge in [-0.1, -0.05) is 13.8 Å². The van der Waals surface area contributed by atoms with E-state index in [1.54, 1.807) is 0 Å². The molecular weight excluding hydrogens is 192 g/mol. The van der Waals surface area contributed by atoms with E-state index in [1.807, 2.05) is 6.92 Å². The predicted octanol–water partition coefficient (Wildman–Crippen LogP) is 0.923. The van der Waals surface area contributed by atoms with Crippen molar-refractivity contribution >= 4 is 5.97 Å². The lowest BCUT2D eigenvalue weighted by Gasteiger charge is -2.21. The Hall–Kier alpha value is -0.610. The molecule has 1 rings (SSSR count). The molecule has 0 aromatic rings. The van der Waals surface area contributed by atoms with Crippen LogP contribution in [0, 0.1) is 0 Å². The second-order valence-electron chi connectivity index (χ2n) is 4.11. The lowest BCUT2D eigenvalue weighted by Crippen LogP contribution is -2.41. The smallest absolute Gasteiger partial charge is 0.320 e. The van der Waals surface area contributed by atoms with E-state index in [4.69, 9.17) is 5.11 Å². The van der Waals surface area contributed by atoms with Gasteiger partial charge in [0.1, 0.15) is 6.04 Å². The topological polar surface area (TPSA) is 52.6 Å². The monoisotopic (exact) mass is 214 g/mol. The molecule has 88 valence electrons. The van der Waals surface area contributed by atoms with Gasteiger partial charge in [-0.2, -0.15) is 0 Å². The molecule has 1 atom stereocenters. The van der Waals surface area contributed by atoms with Crippen molar-refractivity contribution in [2.45, 2.75) is 45.2 Å². The molecule has 1 aliphatic carbocycles. The van der Waals surface area contributed by atoms with Crippen LogP contribution in [0.4, 0.5) is 0 Å². The van der Waals surface area contributed by atoms with Crippen molar-refractivity contribution in [3.63, 3.8) is 0 Å². The highest BCUT2D eigenvalue weighted by molar-refractivity contribution is 5.73. The summed E-state index contributed by atoms with van der Waals surface area (Å²) < 4.78 is 0. The Bertz CT molecular complexity index is 205. The zero-order chi connectivity index (χ0) is 11.3. The number of rotatable bonds is 8. The minimum atomic E-state index is -0.744. The molecule has 0 amide bonds. The van der Waals surface area contributed by atoms with Crippen LogP contribution in [0.1, 0.15) is 33.1 Å². The number of aliphatic carboxylic acids is 1. The van der Waals surface area contributed by atoms with Crippen LogP contribution in [0.25, 0.3) is 0 Å². The number of carboxylic acids is 1. The van der Waals surface area contributed by atoms with Gasteiger partial charge < -0.3 is 10.4 Å². The Morgan fingerprint density at radius 3 is 2.60 bits per heavy atom. The summed E-state index contributed by atoms with van der Waals surface area (Å²) in [5, 5.41) is 11.9. The fourth-order valence-corrected chi connectivity index (χ4v) is 1.83. The van der Waals surface area contributed by atoms with Gasteiger partial charge in [0.25, 0.3) is 0 Å². The number of carboxylic acid groups (broad SMARTS) is 1. The highest BCUT2D eigenvalue weighted by Gasteiger charge is 2.27. The fraction of sp³-hybridized carbons (Fsp3) is 0.909. The molecule has 0 bridgehead atoms. The van der Waals surface area contributed by atoms with Crippen molar-refractivity contribution in [1.29, 1.82) is 0 Å². The van der Waals surface area contributed by atoms with Gasteiger partial charge >= 0.3 is 5.97 Å². The van der Waals surface area contributed by atoms with Gasteiger partial charge in [0.2, 0.25) is 0 Å². The van der Waals surface area contributed by atoms with E-state index in [1.165, 1.54) is 12.8 Å². The van der Waals surface area contributed by atoms with Crippen molar-refractivity contribution in [2.24, 2.45) is 0 Å². The maximum atomic E-state index is 10.7. The quantitative estimate of drug-likeness (QED) is 0.631. The molecule has 1 saturated carbocycles. The third-order valence-electron chi connectivity index (χ3n) is 2.97. The summed E-state index contributed by atoms with van der Waals surface area (Å²) in [6.07, 6.45) is 3.26. The van der Waals surface area contributed by atoms with Crippen molar-refractivity contribution in [3.8, 4) is 0 Å². The molecule has 0 aromatic carbocycles. The van der Waals surface area contributed by atoms with Crippen LogP contribution in [0.3, 0.4) is 0 Å². The third-order valence-corrected chi connectivity index (χ3v) is 2.97. The van der Waals surface area contributed by atoms with Crippen molar-refractivity contribution in [1.82, 2.24) is 10.2 Å². The highest BCUT2D eigenvalue weighted by atomic mass is 16.4. The van der Waals surface area contributed by atoms with Crippen LogP contribution in [0.5, 0.6) is 0 Å². The minimum Gasteiger partial charge on any atom is -0.480 e. The van der Waals surface area contributed by atoms with E-state index in [0.717, 1.165) is 25.7 Å². The molecule has 4 heteroatoms. The molecule has 0 saturated heterocycles. The zero-order valence-corrected chi connectivity index (χ0v) is 9.70. The summed E-state index contributed by atoms with van der Waals surface area (Å²) in [7, 11) is 0. The maximum absolute atomic E-state index is 10.7. The van der Waals surface area contributed by atoms with E-state index in [2.05, 4.69) is 17.1 Å². The maximum Gasteiger partial charge on any atom is 0.320 e. The van der Waals surface area contributed by atoms with Gasteiger partial charge in [0, 0.05) is 19.1 Å². The van der Waals surface area contributed by atoms with Crippen LogP contribution in [0.15, 0.2) is 0 Å². The summed E-state index contributed by atoms with van der Waals surface area (Å²) in [5.74, 6) is -0.744. The summed E-state index contributed by atoms with van der Waals surface area (Å²) >= 11 is 0. The Balaban J connectivity index is 2.15. The van der Waals surface area contributed by atoms with Gasteiger partial charge in [-0.3, -0.25) is 9.69 Å². The zero-order valence-electron chi connectivity index (χ0n) is 9.70. The van der Waals surface area contributed by atoms with Gasteiger partial charge in [-0.25, -0.2) is 0 Å². The van der Waals surface area contributed by atoms with E-state index in [-0.39, 0.29) is 6.04 Å². The number of nitrogens with zero attached hydrogens (tertiary/aromatic N) is 1. The fourth-order valence-electron chi connectivity index (χ4n) is 1.83. The first-order valence-corrected chi connectivity index (χ1v) is 5.89. The van der Waals surface area contributed by atoms with Crippen LogP contribution < -0.4 is 5.32 Å². The lowest BCUT2D eigenvalue weighted by molar-refractivity contribution is -0.139. The molecule has 15 heavy (non-hydrogen) atoms. The highest BCUT2D eigenvalue weighted by Crippen LogP contribution is 2.25. The Labute approximate surface area is 91.6 Å². The van der Waals surface area contributed by atoms with Gasteiger partial charge in [0.05, 0.1) is 0 Å². The average Bonchev–Trinajstić information content (AvgIpc) is 3.01. The van der Waals surface area contributed by atoms with Crippen molar-refractivity contribution in [3.05, 3.63) is 0 Å². The number of carbonyl (C=O) groups is 1. The van der Waals surface area contributed by atoms with Crippen LogP contribution in [-0.2, 0) is 4.79 Å².